The number of carbonyl (C=O) groups is 1. The van der Waals surface area contributed by atoms with Crippen LogP contribution in [0.25, 0.3) is 0 Å². The first-order valence-corrected chi connectivity index (χ1v) is 7.50. The average Bonchev–Trinajstić information content (AvgIpc) is 3.04. The van der Waals surface area contributed by atoms with Gasteiger partial charge in [0.2, 0.25) is 5.91 Å². The molecule has 3 rings (SSSR count). The molecule has 110 valence electrons. The lowest BCUT2D eigenvalue weighted by atomic mass is 9.83. The standard InChI is InChI=1S/C16H20N4O/c21-16(8-9-20-12-17-11-19-20)18-10-14-6-3-5-13-4-1-2-7-15(13)14/h1-2,4,7,11-12,14H,3,5-6,8-10H2,(H,18,21)/t14-/m1/s1. The minimum absolute atomic E-state index is 0.0774. The lowest BCUT2D eigenvalue weighted by Gasteiger charge is -2.25. The van der Waals surface area contributed by atoms with Crippen molar-refractivity contribution in [3.63, 3.8) is 0 Å². The van der Waals surface area contributed by atoms with Gasteiger partial charge in [0.1, 0.15) is 12.7 Å². The van der Waals surface area contributed by atoms with Crippen molar-refractivity contribution in [1.82, 2.24) is 20.1 Å². The Morgan fingerprint density at radius 3 is 3.14 bits per heavy atom. The van der Waals surface area contributed by atoms with Crippen molar-refractivity contribution in [3.8, 4) is 0 Å². The van der Waals surface area contributed by atoms with E-state index in [1.165, 1.54) is 23.9 Å². The summed E-state index contributed by atoms with van der Waals surface area (Å²) in [4.78, 5) is 15.8. The predicted molar refractivity (Wildman–Crippen MR) is 79.8 cm³/mol. The van der Waals surface area contributed by atoms with Crippen molar-refractivity contribution in [2.75, 3.05) is 6.54 Å². The van der Waals surface area contributed by atoms with E-state index in [0.717, 1.165) is 19.4 Å². The van der Waals surface area contributed by atoms with Crippen molar-refractivity contribution in [3.05, 3.63) is 48.0 Å². The third-order valence-corrected chi connectivity index (χ3v) is 4.07. The van der Waals surface area contributed by atoms with Gasteiger partial charge in [0.05, 0.1) is 6.54 Å². The number of nitrogens with one attached hydrogen (secondary N) is 1. The fourth-order valence-corrected chi connectivity index (χ4v) is 2.96. The fourth-order valence-electron chi connectivity index (χ4n) is 2.96. The molecule has 0 bridgehead atoms. The second kappa shape index (κ2) is 6.52. The summed E-state index contributed by atoms with van der Waals surface area (Å²) in [5.74, 6) is 0.527. The molecule has 1 aromatic heterocycles. The van der Waals surface area contributed by atoms with Crippen LogP contribution in [-0.4, -0.2) is 27.2 Å². The molecule has 1 atom stereocenters. The van der Waals surface area contributed by atoms with Crippen LogP contribution < -0.4 is 5.32 Å². The summed E-state index contributed by atoms with van der Waals surface area (Å²) in [6.45, 7) is 1.31. The molecular weight excluding hydrogens is 264 g/mol. The van der Waals surface area contributed by atoms with Crippen LogP contribution in [0, 0.1) is 0 Å². The molecular formula is C16H20N4O. The molecule has 1 heterocycles. The molecule has 1 N–H and O–H groups in total. The zero-order valence-electron chi connectivity index (χ0n) is 12.0. The lowest BCUT2D eigenvalue weighted by Crippen LogP contribution is -2.30. The zero-order valence-corrected chi connectivity index (χ0v) is 12.0. The minimum atomic E-state index is 0.0774. The van der Waals surface area contributed by atoms with E-state index < -0.39 is 0 Å². The Labute approximate surface area is 124 Å². The number of rotatable bonds is 5. The van der Waals surface area contributed by atoms with Crippen LogP contribution in [-0.2, 0) is 17.8 Å². The molecule has 1 amide bonds. The Balaban J connectivity index is 1.50. The summed E-state index contributed by atoms with van der Waals surface area (Å²) in [6, 6.07) is 8.58. The third-order valence-electron chi connectivity index (χ3n) is 4.07. The molecule has 21 heavy (non-hydrogen) atoms. The van der Waals surface area contributed by atoms with Crippen molar-refractivity contribution >= 4 is 5.91 Å². The van der Waals surface area contributed by atoms with E-state index in [1.54, 1.807) is 11.0 Å². The average molecular weight is 284 g/mol. The fraction of sp³-hybridized carbons (Fsp3) is 0.438. The molecule has 5 heteroatoms. The number of fused-ring (bicyclic) bond motifs is 1. The first-order valence-electron chi connectivity index (χ1n) is 7.50. The minimum Gasteiger partial charge on any atom is -0.355 e. The van der Waals surface area contributed by atoms with Crippen LogP contribution in [0.2, 0.25) is 0 Å². The molecule has 1 aliphatic carbocycles. The van der Waals surface area contributed by atoms with Crippen molar-refractivity contribution in [2.45, 2.75) is 38.1 Å². The van der Waals surface area contributed by atoms with E-state index in [4.69, 9.17) is 0 Å². The summed E-state index contributed by atoms with van der Waals surface area (Å²) >= 11 is 0. The Morgan fingerprint density at radius 1 is 1.38 bits per heavy atom. The van der Waals surface area contributed by atoms with Crippen LogP contribution in [0.1, 0.15) is 36.3 Å². The highest BCUT2D eigenvalue weighted by atomic mass is 16.1. The van der Waals surface area contributed by atoms with Gasteiger partial charge in [-0.1, -0.05) is 24.3 Å². The maximum Gasteiger partial charge on any atom is 0.221 e. The van der Waals surface area contributed by atoms with Gasteiger partial charge in [-0.2, -0.15) is 5.10 Å². The molecule has 0 fully saturated rings. The largest absolute Gasteiger partial charge is 0.355 e. The third kappa shape index (κ3) is 3.48. The molecule has 5 nitrogen and oxygen atoms in total. The van der Waals surface area contributed by atoms with Gasteiger partial charge in [-0.25, -0.2) is 4.98 Å². The number of hydrogen-bond donors (Lipinski definition) is 1. The summed E-state index contributed by atoms with van der Waals surface area (Å²) in [7, 11) is 0. The SMILES string of the molecule is O=C(CCn1cncn1)NC[C@H]1CCCc2ccccc21. The first-order chi connectivity index (χ1) is 10.3. The monoisotopic (exact) mass is 284 g/mol. The van der Waals surface area contributed by atoms with E-state index in [-0.39, 0.29) is 5.91 Å². The van der Waals surface area contributed by atoms with E-state index in [0.29, 0.717) is 18.9 Å². The van der Waals surface area contributed by atoms with Crippen LogP contribution in [0.4, 0.5) is 0 Å². The highest BCUT2D eigenvalue weighted by Crippen LogP contribution is 2.30. The molecule has 0 saturated heterocycles. The maximum atomic E-state index is 11.9. The van der Waals surface area contributed by atoms with Crippen molar-refractivity contribution in [2.24, 2.45) is 0 Å². The summed E-state index contributed by atoms with van der Waals surface area (Å²) in [6.07, 6.45) is 7.07. The van der Waals surface area contributed by atoms with Gasteiger partial charge in [-0.3, -0.25) is 9.48 Å². The first kappa shape index (κ1) is 13.8. The van der Waals surface area contributed by atoms with Gasteiger partial charge < -0.3 is 5.32 Å². The number of carbonyl (C=O) groups excluding carboxylic acids is 1. The zero-order chi connectivity index (χ0) is 14.5. The number of aromatic nitrogens is 3. The van der Waals surface area contributed by atoms with Crippen LogP contribution in [0.5, 0.6) is 0 Å². The van der Waals surface area contributed by atoms with E-state index >= 15 is 0 Å². The highest BCUT2D eigenvalue weighted by molar-refractivity contribution is 5.75. The molecule has 1 aromatic carbocycles. The molecule has 2 aromatic rings. The van der Waals surface area contributed by atoms with Gasteiger partial charge in [0.15, 0.2) is 0 Å². The Bertz CT molecular complexity index is 594. The molecule has 0 spiro atoms. The van der Waals surface area contributed by atoms with Crippen LogP contribution in [0.15, 0.2) is 36.9 Å². The maximum absolute atomic E-state index is 11.9. The van der Waals surface area contributed by atoms with Crippen molar-refractivity contribution < 1.29 is 4.79 Å². The Hall–Kier alpha value is -2.17. The van der Waals surface area contributed by atoms with Gasteiger partial charge in [0.25, 0.3) is 0 Å². The number of benzene rings is 1. The number of aryl methyl sites for hydroxylation is 2. The van der Waals surface area contributed by atoms with E-state index in [9.17, 15) is 4.79 Å². The smallest absolute Gasteiger partial charge is 0.221 e. The number of amides is 1. The van der Waals surface area contributed by atoms with Crippen molar-refractivity contribution in [1.29, 1.82) is 0 Å². The van der Waals surface area contributed by atoms with Gasteiger partial charge in [-0.05, 0) is 30.4 Å². The molecule has 0 saturated carbocycles. The second-order valence-corrected chi connectivity index (χ2v) is 5.50. The topological polar surface area (TPSA) is 59.8 Å². The molecule has 0 radical (unpaired) electrons. The van der Waals surface area contributed by atoms with E-state index in [2.05, 4.69) is 39.7 Å². The van der Waals surface area contributed by atoms with E-state index in [1.807, 2.05) is 0 Å². The predicted octanol–water partition coefficient (Wildman–Crippen LogP) is 1.90. The number of nitrogens with zero attached hydrogens (tertiary/aromatic N) is 3. The summed E-state index contributed by atoms with van der Waals surface area (Å²) in [5, 5.41) is 7.05. The molecule has 1 aliphatic rings. The highest BCUT2D eigenvalue weighted by Gasteiger charge is 2.19. The second-order valence-electron chi connectivity index (χ2n) is 5.50. The Kier molecular flexibility index (Phi) is 4.28. The Morgan fingerprint density at radius 2 is 2.29 bits per heavy atom. The lowest BCUT2D eigenvalue weighted by molar-refractivity contribution is -0.121. The summed E-state index contributed by atoms with van der Waals surface area (Å²) < 4.78 is 1.68. The molecule has 0 unspecified atom stereocenters. The summed E-state index contributed by atoms with van der Waals surface area (Å²) in [5.41, 5.74) is 2.84. The number of hydrogen-bond acceptors (Lipinski definition) is 3. The van der Waals surface area contributed by atoms with Crippen LogP contribution >= 0.6 is 0 Å². The van der Waals surface area contributed by atoms with Crippen LogP contribution in [0.3, 0.4) is 0 Å². The molecule has 0 aliphatic heterocycles. The van der Waals surface area contributed by atoms with Gasteiger partial charge in [-0.15, -0.1) is 0 Å². The van der Waals surface area contributed by atoms with Gasteiger partial charge in [0, 0.05) is 18.9 Å². The van der Waals surface area contributed by atoms with Gasteiger partial charge >= 0.3 is 0 Å². The normalized spacial score (nSPS) is 17.2. The quantitative estimate of drug-likeness (QED) is 0.912.